The number of benzene rings is 2. The summed E-state index contributed by atoms with van der Waals surface area (Å²) in [4.78, 5) is 12.0. The summed E-state index contributed by atoms with van der Waals surface area (Å²) in [7, 11) is 2.81. The molecule has 0 aliphatic rings. The van der Waals surface area contributed by atoms with Crippen LogP contribution in [0.2, 0.25) is 0 Å². The van der Waals surface area contributed by atoms with E-state index in [-0.39, 0.29) is 0 Å². The third kappa shape index (κ3) is 4.36. The number of esters is 1. The van der Waals surface area contributed by atoms with Gasteiger partial charge in [0.15, 0.2) is 0 Å². The summed E-state index contributed by atoms with van der Waals surface area (Å²) in [6.45, 7) is 0. The second-order valence-corrected chi connectivity index (χ2v) is 5.20. The molecule has 0 atom stereocenters. The Hall–Kier alpha value is -2.27. The van der Waals surface area contributed by atoms with Crippen molar-refractivity contribution in [2.24, 2.45) is 0 Å². The molecule has 0 spiro atoms. The van der Waals surface area contributed by atoms with Crippen LogP contribution in [0, 0.1) is 0 Å². The lowest BCUT2D eigenvalue weighted by atomic mass is 10.1. The highest BCUT2D eigenvalue weighted by Crippen LogP contribution is 2.31. The van der Waals surface area contributed by atoms with Crippen LogP contribution in [0.5, 0.6) is 11.5 Å². The van der Waals surface area contributed by atoms with Crippen LogP contribution in [0.3, 0.4) is 0 Å². The highest BCUT2D eigenvalue weighted by Gasteiger charge is 2.18. The van der Waals surface area contributed by atoms with Crippen molar-refractivity contribution in [2.45, 2.75) is 5.33 Å². The standard InChI is InChI=1S/C18H17BrO4/c1-21-12-16(18(20)22-2)15-8-3-4-9-17(15)23-14-7-5-6-13(10-14)11-19/h3-10,12H,11H2,1-2H3/b16-12-. The molecule has 0 aliphatic heterocycles. The minimum absolute atomic E-state index is 0.294. The van der Waals surface area contributed by atoms with Crippen LogP contribution in [-0.2, 0) is 19.6 Å². The van der Waals surface area contributed by atoms with E-state index in [4.69, 9.17) is 14.2 Å². The number of hydrogen-bond donors (Lipinski definition) is 0. The molecule has 0 amide bonds. The van der Waals surface area contributed by atoms with Crippen molar-refractivity contribution < 1.29 is 19.0 Å². The minimum Gasteiger partial charge on any atom is -0.503 e. The molecule has 0 aliphatic carbocycles. The Morgan fingerprint density at radius 1 is 1.13 bits per heavy atom. The number of methoxy groups -OCH3 is 2. The molecule has 2 rings (SSSR count). The lowest BCUT2D eigenvalue weighted by molar-refractivity contribution is -0.133. The van der Waals surface area contributed by atoms with Crippen LogP contribution < -0.4 is 4.74 Å². The molecule has 0 fully saturated rings. The quantitative estimate of drug-likeness (QED) is 0.321. The molecule has 0 bridgehead atoms. The molecule has 0 unspecified atom stereocenters. The molecule has 0 radical (unpaired) electrons. The van der Waals surface area contributed by atoms with Gasteiger partial charge in [-0.05, 0) is 23.8 Å². The van der Waals surface area contributed by atoms with Gasteiger partial charge in [-0.25, -0.2) is 4.79 Å². The summed E-state index contributed by atoms with van der Waals surface area (Å²) in [6, 6.07) is 15.0. The summed E-state index contributed by atoms with van der Waals surface area (Å²) < 4.78 is 15.8. The van der Waals surface area contributed by atoms with E-state index in [2.05, 4.69) is 15.9 Å². The van der Waals surface area contributed by atoms with Crippen molar-refractivity contribution in [3.8, 4) is 11.5 Å². The summed E-state index contributed by atoms with van der Waals surface area (Å²) in [6.07, 6.45) is 1.35. The second kappa shape index (κ2) is 8.39. The average Bonchev–Trinajstić information content (AvgIpc) is 2.60. The van der Waals surface area contributed by atoms with Gasteiger partial charge in [-0.2, -0.15) is 0 Å². The van der Waals surface area contributed by atoms with Crippen LogP contribution in [0.1, 0.15) is 11.1 Å². The number of halogens is 1. The van der Waals surface area contributed by atoms with Crippen LogP contribution in [0.15, 0.2) is 54.8 Å². The maximum absolute atomic E-state index is 12.0. The Balaban J connectivity index is 2.40. The molecule has 4 nitrogen and oxygen atoms in total. The molecule has 0 heterocycles. The Morgan fingerprint density at radius 2 is 1.91 bits per heavy atom. The Labute approximate surface area is 143 Å². The van der Waals surface area contributed by atoms with Gasteiger partial charge in [-0.3, -0.25) is 0 Å². The van der Waals surface area contributed by atoms with Gasteiger partial charge in [0.05, 0.1) is 20.5 Å². The van der Waals surface area contributed by atoms with Crippen molar-refractivity contribution in [1.82, 2.24) is 0 Å². The Morgan fingerprint density at radius 3 is 2.61 bits per heavy atom. The van der Waals surface area contributed by atoms with Gasteiger partial charge < -0.3 is 14.2 Å². The maximum atomic E-state index is 12.0. The first-order valence-corrected chi connectivity index (χ1v) is 8.05. The van der Waals surface area contributed by atoms with E-state index in [0.29, 0.717) is 22.6 Å². The van der Waals surface area contributed by atoms with E-state index in [1.807, 2.05) is 36.4 Å². The third-order valence-corrected chi connectivity index (χ3v) is 3.75. The van der Waals surface area contributed by atoms with E-state index in [1.54, 1.807) is 12.1 Å². The topological polar surface area (TPSA) is 44.8 Å². The second-order valence-electron chi connectivity index (χ2n) is 4.64. The van der Waals surface area contributed by atoms with Gasteiger partial charge >= 0.3 is 5.97 Å². The van der Waals surface area contributed by atoms with Crippen molar-refractivity contribution in [1.29, 1.82) is 0 Å². The first kappa shape index (κ1) is 17.1. The predicted octanol–water partition coefficient (Wildman–Crippen LogP) is 4.53. The van der Waals surface area contributed by atoms with Gasteiger partial charge in [0.1, 0.15) is 17.1 Å². The van der Waals surface area contributed by atoms with Crippen LogP contribution >= 0.6 is 15.9 Å². The van der Waals surface area contributed by atoms with Crippen LogP contribution in [0.25, 0.3) is 5.57 Å². The minimum atomic E-state index is -0.489. The van der Waals surface area contributed by atoms with Crippen LogP contribution in [-0.4, -0.2) is 20.2 Å². The van der Waals surface area contributed by atoms with Gasteiger partial charge in [0.2, 0.25) is 0 Å². The SMILES string of the molecule is CO/C=C(\C(=O)OC)c1ccccc1Oc1cccc(CBr)c1. The van der Waals surface area contributed by atoms with E-state index in [0.717, 1.165) is 10.9 Å². The number of carbonyl (C=O) groups excluding carboxylic acids is 1. The molecule has 0 saturated carbocycles. The van der Waals surface area contributed by atoms with Crippen molar-refractivity contribution in [3.63, 3.8) is 0 Å². The third-order valence-electron chi connectivity index (χ3n) is 3.10. The number of ether oxygens (including phenoxy) is 3. The smallest absolute Gasteiger partial charge is 0.341 e. The van der Waals surface area contributed by atoms with Gasteiger partial charge in [-0.15, -0.1) is 0 Å². The fraction of sp³-hybridized carbons (Fsp3) is 0.167. The van der Waals surface area contributed by atoms with Crippen LogP contribution in [0.4, 0.5) is 0 Å². The van der Waals surface area contributed by atoms with Crippen molar-refractivity contribution in [3.05, 3.63) is 65.9 Å². The predicted molar refractivity (Wildman–Crippen MR) is 92.6 cm³/mol. The summed E-state index contributed by atoms with van der Waals surface area (Å²) in [5, 5.41) is 0.739. The van der Waals surface area contributed by atoms with Gasteiger partial charge in [0.25, 0.3) is 0 Å². The largest absolute Gasteiger partial charge is 0.503 e. The zero-order valence-corrected chi connectivity index (χ0v) is 14.5. The summed E-state index contributed by atoms with van der Waals surface area (Å²) in [5.41, 5.74) is 1.99. The maximum Gasteiger partial charge on any atom is 0.341 e. The zero-order valence-electron chi connectivity index (χ0n) is 12.9. The number of carbonyl (C=O) groups is 1. The average molecular weight is 377 g/mol. The van der Waals surface area contributed by atoms with E-state index in [9.17, 15) is 4.79 Å². The molecule has 0 N–H and O–H groups in total. The zero-order chi connectivity index (χ0) is 16.7. The lowest BCUT2D eigenvalue weighted by Gasteiger charge is -2.13. The molecular formula is C18H17BrO4. The number of alkyl halides is 1. The molecule has 0 saturated heterocycles. The molecule has 5 heteroatoms. The van der Waals surface area contributed by atoms with Gasteiger partial charge in [-0.1, -0.05) is 46.3 Å². The Bertz CT molecular complexity index is 710. The molecule has 2 aromatic carbocycles. The number of para-hydroxylation sites is 1. The molecular weight excluding hydrogens is 360 g/mol. The highest BCUT2D eigenvalue weighted by molar-refractivity contribution is 9.08. The summed E-state index contributed by atoms with van der Waals surface area (Å²) >= 11 is 3.42. The van der Waals surface area contributed by atoms with Gasteiger partial charge in [0, 0.05) is 10.9 Å². The summed E-state index contributed by atoms with van der Waals surface area (Å²) in [5.74, 6) is 0.751. The monoisotopic (exact) mass is 376 g/mol. The Kier molecular flexibility index (Phi) is 6.23. The molecule has 0 aromatic heterocycles. The normalized spacial score (nSPS) is 11.0. The number of rotatable bonds is 6. The first-order chi connectivity index (χ1) is 11.2. The van der Waals surface area contributed by atoms with E-state index in [1.165, 1.54) is 20.5 Å². The first-order valence-electron chi connectivity index (χ1n) is 6.93. The van der Waals surface area contributed by atoms with Crippen molar-refractivity contribution >= 4 is 27.5 Å². The molecule has 120 valence electrons. The number of hydrogen-bond acceptors (Lipinski definition) is 4. The van der Waals surface area contributed by atoms with Crippen molar-refractivity contribution in [2.75, 3.05) is 14.2 Å². The fourth-order valence-electron chi connectivity index (χ4n) is 2.05. The lowest BCUT2D eigenvalue weighted by Crippen LogP contribution is -2.05. The fourth-order valence-corrected chi connectivity index (χ4v) is 2.40. The van der Waals surface area contributed by atoms with E-state index < -0.39 is 5.97 Å². The molecule has 2 aromatic rings. The van der Waals surface area contributed by atoms with E-state index >= 15 is 0 Å². The highest BCUT2D eigenvalue weighted by atomic mass is 79.9. The molecule has 23 heavy (non-hydrogen) atoms.